The largest absolute Gasteiger partial charge is 0.298 e. The number of benzene rings is 2. The van der Waals surface area contributed by atoms with Gasteiger partial charge in [0.25, 0.3) is 0 Å². The van der Waals surface area contributed by atoms with Crippen LogP contribution in [0.15, 0.2) is 42.5 Å². The van der Waals surface area contributed by atoms with Crippen molar-refractivity contribution in [2.24, 2.45) is 0 Å². The highest BCUT2D eigenvalue weighted by atomic mass is 19.1. The third kappa shape index (κ3) is 2.37. The molecule has 0 saturated heterocycles. The van der Waals surface area contributed by atoms with Gasteiger partial charge in [-0.25, -0.2) is 4.39 Å². The number of halogens is 1. The molecule has 2 aromatic carbocycles. The maximum atomic E-state index is 13.2. The Morgan fingerprint density at radius 1 is 1.06 bits per heavy atom. The van der Waals surface area contributed by atoms with E-state index in [1.165, 1.54) is 12.1 Å². The van der Waals surface area contributed by atoms with Crippen molar-refractivity contribution in [3.63, 3.8) is 0 Å². The van der Waals surface area contributed by atoms with Crippen LogP contribution in [0.1, 0.15) is 15.9 Å². The SMILES string of the molecule is N#Cc1cc(F)cc(-c2ccc(C=O)cc2)c1. The molecule has 17 heavy (non-hydrogen) atoms. The van der Waals surface area contributed by atoms with Crippen molar-refractivity contribution < 1.29 is 9.18 Å². The summed E-state index contributed by atoms with van der Waals surface area (Å²) in [6.45, 7) is 0. The lowest BCUT2D eigenvalue weighted by atomic mass is 10.0. The first-order chi connectivity index (χ1) is 8.22. The molecule has 2 rings (SSSR count). The summed E-state index contributed by atoms with van der Waals surface area (Å²) >= 11 is 0. The number of aldehydes is 1. The van der Waals surface area contributed by atoms with Gasteiger partial charge in [-0.15, -0.1) is 0 Å². The summed E-state index contributed by atoms with van der Waals surface area (Å²) in [5.41, 5.74) is 2.23. The highest BCUT2D eigenvalue weighted by Crippen LogP contribution is 2.22. The number of rotatable bonds is 2. The zero-order chi connectivity index (χ0) is 12.3. The Kier molecular flexibility index (Phi) is 2.97. The predicted octanol–water partition coefficient (Wildman–Crippen LogP) is 3.18. The first kappa shape index (κ1) is 11.0. The smallest absolute Gasteiger partial charge is 0.150 e. The third-order valence-corrected chi connectivity index (χ3v) is 2.41. The van der Waals surface area contributed by atoms with E-state index in [1.54, 1.807) is 30.3 Å². The molecule has 0 aliphatic rings. The Labute approximate surface area is 97.9 Å². The monoisotopic (exact) mass is 225 g/mol. The quantitative estimate of drug-likeness (QED) is 0.736. The molecule has 0 spiro atoms. The van der Waals surface area contributed by atoms with Crippen molar-refractivity contribution in [2.75, 3.05) is 0 Å². The fourth-order valence-electron chi connectivity index (χ4n) is 1.57. The zero-order valence-corrected chi connectivity index (χ0v) is 8.85. The molecule has 0 saturated carbocycles. The molecule has 0 aromatic heterocycles. The second-order valence-corrected chi connectivity index (χ2v) is 3.58. The first-order valence-electron chi connectivity index (χ1n) is 4.99. The van der Waals surface area contributed by atoms with Crippen molar-refractivity contribution >= 4 is 6.29 Å². The molecule has 0 N–H and O–H groups in total. The molecule has 2 aromatic rings. The van der Waals surface area contributed by atoms with Crippen LogP contribution in [0.5, 0.6) is 0 Å². The van der Waals surface area contributed by atoms with Crippen molar-refractivity contribution in [1.82, 2.24) is 0 Å². The second-order valence-electron chi connectivity index (χ2n) is 3.58. The van der Waals surface area contributed by atoms with Gasteiger partial charge in [-0.3, -0.25) is 4.79 Å². The summed E-state index contributed by atoms with van der Waals surface area (Å²) in [7, 11) is 0. The molecule has 0 heterocycles. The molecule has 82 valence electrons. The summed E-state index contributed by atoms with van der Waals surface area (Å²) in [4.78, 5) is 10.5. The van der Waals surface area contributed by atoms with Gasteiger partial charge in [0.2, 0.25) is 0 Å². The van der Waals surface area contributed by atoms with Gasteiger partial charge in [0, 0.05) is 5.56 Å². The normalized spacial score (nSPS) is 9.65. The molecule has 0 aliphatic carbocycles. The van der Waals surface area contributed by atoms with E-state index in [-0.39, 0.29) is 5.56 Å². The van der Waals surface area contributed by atoms with E-state index in [0.717, 1.165) is 11.8 Å². The van der Waals surface area contributed by atoms with Crippen LogP contribution in [0.2, 0.25) is 0 Å². The number of nitrogens with zero attached hydrogens (tertiary/aromatic N) is 1. The van der Waals surface area contributed by atoms with Crippen LogP contribution < -0.4 is 0 Å². The minimum Gasteiger partial charge on any atom is -0.298 e. The maximum Gasteiger partial charge on any atom is 0.150 e. The van der Waals surface area contributed by atoms with Crippen molar-refractivity contribution in [3.05, 3.63) is 59.4 Å². The summed E-state index contributed by atoms with van der Waals surface area (Å²) in [5.74, 6) is -0.446. The van der Waals surface area contributed by atoms with Crippen molar-refractivity contribution in [3.8, 4) is 17.2 Å². The predicted molar refractivity (Wildman–Crippen MR) is 61.9 cm³/mol. The van der Waals surface area contributed by atoms with E-state index in [2.05, 4.69) is 0 Å². The van der Waals surface area contributed by atoms with E-state index in [1.807, 2.05) is 6.07 Å². The van der Waals surface area contributed by atoms with Crippen LogP contribution in [0.3, 0.4) is 0 Å². The second kappa shape index (κ2) is 4.58. The maximum absolute atomic E-state index is 13.2. The highest BCUT2D eigenvalue weighted by Gasteiger charge is 2.03. The van der Waals surface area contributed by atoms with Gasteiger partial charge < -0.3 is 0 Å². The number of hydrogen-bond acceptors (Lipinski definition) is 2. The van der Waals surface area contributed by atoms with Crippen molar-refractivity contribution in [1.29, 1.82) is 5.26 Å². The lowest BCUT2D eigenvalue weighted by molar-refractivity contribution is 0.112. The van der Waals surface area contributed by atoms with Gasteiger partial charge in [0.1, 0.15) is 12.1 Å². The summed E-state index contributed by atoms with van der Waals surface area (Å²) in [6, 6.07) is 12.8. The van der Waals surface area contributed by atoms with Gasteiger partial charge >= 0.3 is 0 Å². The van der Waals surface area contributed by atoms with E-state index in [4.69, 9.17) is 5.26 Å². The Morgan fingerprint density at radius 3 is 2.35 bits per heavy atom. The Bertz CT molecular complexity index is 597. The third-order valence-electron chi connectivity index (χ3n) is 2.41. The minimum absolute atomic E-state index is 0.277. The lowest BCUT2D eigenvalue weighted by Gasteiger charge is -2.03. The number of carbonyl (C=O) groups is 1. The summed E-state index contributed by atoms with van der Waals surface area (Å²) < 4.78 is 13.2. The van der Waals surface area contributed by atoms with Crippen LogP contribution in [0.4, 0.5) is 4.39 Å². The van der Waals surface area contributed by atoms with Gasteiger partial charge in [-0.05, 0) is 29.3 Å². The van der Waals surface area contributed by atoms with Gasteiger partial charge in [-0.2, -0.15) is 5.26 Å². The molecular weight excluding hydrogens is 217 g/mol. The zero-order valence-electron chi connectivity index (χ0n) is 8.85. The minimum atomic E-state index is -0.446. The van der Waals surface area contributed by atoms with Crippen LogP contribution in [-0.2, 0) is 0 Å². The Hall–Kier alpha value is -2.47. The highest BCUT2D eigenvalue weighted by molar-refractivity contribution is 5.77. The van der Waals surface area contributed by atoms with Crippen LogP contribution in [-0.4, -0.2) is 6.29 Å². The van der Waals surface area contributed by atoms with Crippen LogP contribution in [0, 0.1) is 17.1 Å². The van der Waals surface area contributed by atoms with Gasteiger partial charge in [-0.1, -0.05) is 24.3 Å². The number of hydrogen-bond donors (Lipinski definition) is 0. The fraction of sp³-hybridized carbons (Fsp3) is 0. The van der Waals surface area contributed by atoms with E-state index >= 15 is 0 Å². The Morgan fingerprint density at radius 2 is 1.76 bits per heavy atom. The summed E-state index contributed by atoms with van der Waals surface area (Å²) in [6.07, 6.45) is 0.746. The molecule has 0 bridgehead atoms. The molecule has 0 fully saturated rings. The molecule has 0 aliphatic heterocycles. The van der Waals surface area contributed by atoms with Crippen LogP contribution >= 0.6 is 0 Å². The Balaban J connectivity index is 2.48. The van der Waals surface area contributed by atoms with Crippen molar-refractivity contribution in [2.45, 2.75) is 0 Å². The molecule has 0 radical (unpaired) electrons. The first-order valence-corrected chi connectivity index (χ1v) is 4.99. The molecule has 0 amide bonds. The van der Waals surface area contributed by atoms with E-state index in [0.29, 0.717) is 11.1 Å². The molecular formula is C14H8FNO. The molecule has 2 nitrogen and oxygen atoms in total. The average molecular weight is 225 g/mol. The molecule has 0 unspecified atom stereocenters. The molecule has 3 heteroatoms. The average Bonchev–Trinajstić information content (AvgIpc) is 2.38. The van der Waals surface area contributed by atoms with Gasteiger partial charge in [0.15, 0.2) is 0 Å². The topological polar surface area (TPSA) is 40.9 Å². The molecule has 0 atom stereocenters. The standard InChI is InChI=1S/C14H8FNO/c15-14-6-11(8-16)5-13(7-14)12-3-1-10(9-17)2-4-12/h1-7,9H. The number of nitriles is 1. The number of carbonyl (C=O) groups excluding carboxylic acids is 1. The lowest BCUT2D eigenvalue weighted by Crippen LogP contribution is -1.85. The summed E-state index contributed by atoms with van der Waals surface area (Å²) in [5, 5.41) is 8.75. The fourth-order valence-corrected chi connectivity index (χ4v) is 1.57. The van der Waals surface area contributed by atoms with Gasteiger partial charge in [0.05, 0.1) is 11.6 Å². The van der Waals surface area contributed by atoms with E-state index < -0.39 is 5.82 Å². The van der Waals surface area contributed by atoms with E-state index in [9.17, 15) is 9.18 Å². The van der Waals surface area contributed by atoms with Crippen LogP contribution in [0.25, 0.3) is 11.1 Å².